The maximum Gasteiger partial charge on any atom is 0.243 e. The van der Waals surface area contributed by atoms with E-state index >= 15 is 0 Å². The standard InChI is InChI=1S/C19H20N6O/c1-4-9-25(10-15-7-5-14(2)6-8-15)16(26)11-24(3)19-17-18(21-12-20-17)22-13-23-19/h1,5-8,12-13H,9-11H2,2-3H3,(H,20,21,22,23). The number of anilines is 1. The molecule has 0 bridgehead atoms. The van der Waals surface area contributed by atoms with Gasteiger partial charge in [-0.15, -0.1) is 6.42 Å². The fourth-order valence-electron chi connectivity index (χ4n) is 2.68. The van der Waals surface area contributed by atoms with Crippen molar-refractivity contribution in [1.82, 2.24) is 24.8 Å². The van der Waals surface area contributed by atoms with Gasteiger partial charge in [0, 0.05) is 13.6 Å². The molecular weight excluding hydrogens is 328 g/mol. The third kappa shape index (κ3) is 3.81. The van der Waals surface area contributed by atoms with Gasteiger partial charge in [0.05, 0.1) is 19.4 Å². The minimum absolute atomic E-state index is 0.0719. The van der Waals surface area contributed by atoms with Gasteiger partial charge < -0.3 is 14.8 Å². The number of aryl methyl sites for hydroxylation is 1. The topological polar surface area (TPSA) is 78.0 Å². The van der Waals surface area contributed by atoms with E-state index in [1.165, 1.54) is 11.9 Å². The molecule has 0 radical (unpaired) electrons. The highest BCUT2D eigenvalue weighted by Gasteiger charge is 2.18. The van der Waals surface area contributed by atoms with Crippen LogP contribution in [-0.4, -0.2) is 50.9 Å². The molecule has 1 amide bonds. The Kier molecular flexibility index (Phi) is 5.13. The summed E-state index contributed by atoms with van der Waals surface area (Å²) >= 11 is 0. The Morgan fingerprint density at radius 1 is 1.23 bits per heavy atom. The average Bonchev–Trinajstić information content (AvgIpc) is 3.11. The lowest BCUT2D eigenvalue weighted by molar-refractivity contribution is -0.129. The summed E-state index contributed by atoms with van der Waals surface area (Å²) in [5.74, 6) is 3.11. The van der Waals surface area contributed by atoms with Crippen LogP contribution in [0.3, 0.4) is 0 Å². The molecule has 132 valence electrons. The van der Waals surface area contributed by atoms with Crippen LogP contribution in [0.25, 0.3) is 11.2 Å². The predicted molar refractivity (Wildman–Crippen MR) is 100 cm³/mol. The number of likely N-dealkylation sites (N-methyl/N-ethyl adjacent to an activating group) is 1. The molecule has 0 fully saturated rings. The van der Waals surface area contributed by atoms with Gasteiger partial charge in [0.25, 0.3) is 0 Å². The van der Waals surface area contributed by atoms with E-state index in [0.29, 0.717) is 23.5 Å². The van der Waals surface area contributed by atoms with Gasteiger partial charge in [-0.1, -0.05) is 35.7 Å². The first kappa shape index (κ1) is 17.4. The Bertz CT molecular complexity index is 941. The minimum atomic E-state index is -0.0719. The van der Waals surface area contributed by atoms with Gasteiger partial charge in [-0.25, -0.2) is 15.0 Å². The fraction of sp³-hybridized carbons (Fsp3) is 0.263. The van der Waals surface area contributed by atoms with Crippen LogP contribution in [0.15, 0.2) is 36.9 Å². The lowest BCUT2D eigenvalue weighted by atomic mass is 10.1. The van der Waals surface area contributed by atoms with Crippen molar-refractivity contribution in [2.75, 3.05) is 25.0 Å². The Morgan fingerprint density at radius 3 is 2.73 bits per heavy atom. The van der Waals surface area contributed by atoms with Crippen LogP contribution >= 0.6 is 0 Å². The van der Waals surface area contributed by atoms with Crippen LogP contribution in [-0.2, 0) is 11.3 Å². The number of fused-ring (bicyclic) bond motifs is 1. The number of aromatic amines is 1. The summed E-state index contributed by atoms with van der Waals surface area (Å²) in [6, 6.07) is 8.06. The second kappa shape index (κ2) is 7.66. The van der Waals surface area contributed by atoms with Gasteiger partial charge in [-0.05, 0) is 12.5 Å². The molecule has 0 saturated carbocycles. The second-order valence-electron chi connectivity index (χ2n) is 6.09. The maximum atomic E-state index is 12.8. The number of H-pyrrole nitrogens is 1. The number of imidazole rings is 1. The van der Waals surface area contributed by atoms with Crippen LogP contribution < -0.4 is 4.90 Å². The maximum absolute atomic E-state index is 12.8. The summed E-state index contributed by atoms with van der Waals surface area (Å²) < 4.78 is 0. The van der Waals surface area contributed by atoms with Crippen molar-refractivity contribution < 1.29 is 4.79 Å². The minimum Gasteiger partial charge on any atom is -0.348 e. The number of terminal acetylenes is 1. The number of amides is 1. The van der Waals surface area contributed by atoms with Crippen LogP contribution in [0.4, 0.5) is 5.82 Å². The van der Waals surface area contributed by atoms with Gasteiger partial charge in [0.2, 0.25) is 5.91 Å². The number of nitrogens with zero attached hydrogens (tertiary/aromatic N) is 5. The molecule has 0 aliphatic heterocycles. The molecule has 1 aromatic carbocycles. The van der Waals surface area contributed by atoms with Crippen molar-refractivity contribution in [2.45, 2.75) is 13.5 Å². The van der Waals surface area contributed by atoms with E-state index in [9.17, 15) is 4.79 Å². The van der Waals surface area contributed by atoms with E-state index in [-0.39, 0.29) is 19.0 Å². The van der Waals surface area contributed by atoms with Crippen molar-refractivity contribution in [1.29, 1.82) is 0 Å². The summed E-state index contributed by atoms with van der Waals surface area (Å²) in [5.41, 5.74) is 3.48. The highest BCUT2D eigenvalue weighted by atomic mass is 16.2. The second-order valence-corrected chi connectivity index (χ2v) is 6.09. The van der Waals surface area contributed by atoms with E-state index in [1.807, 2.05) is 31.2 Å². The smallest absolute Gasteiger partial charge is 0.243 e. The summed E-state index contributed by atoms with van der Waals surface area (Å²) in [7, 11) is 1.81. The molecular formula is C19H20N6O. The molecule has 7 heteroatoms. The summed E-state index contributed by atoms with van der Waals surface area (Å²) in [4.78, 5) is 31.7. The van der Waals surface area contributed by atoms with Gasteiger partial charge in [0.1, 0.15) is 11.8 Å². The fourth-order valence-corrected chi connectivity index (χ4v) is 2.68. The number of carbonyl (C=O) groups is 1. The molecule has 0 aliphatic carbocycles. The number of nitrogens with one attached hydrogen (secondary N) is 1. The molecule has 0 spiro atoms. The van der Waals surface area contributed by atoms with Crippen molar-refractivity contribution in [3.63, 3.8) is 0 Å². The Balaban J connectivity index is 1.74. The van der Waals surface area contributed by atoms with Gasteiger partial charge in [0.15, 0.2) is 11.5 Å². The molecule has 3 rings (SSSR count). The number of aromatic nitrogens is 4. The van der Waals surface area contributed by atoms with Crippen molar-refractivity contribution in [3.05, 3.63) is 48.0 Å². The zero-order chi connectivity index (χ0) is 18.5. The van der Waals surface area contributed by atoms with Crippen LogP contribution in [0.1, 0.15) is 11.1 Å². The molecule has 2 heterocycles. The molecule has 3 aromatic rings. The first-order valence-electron chi connectivity index (χ1n) is 8.20. The van der Waals surface area contributed by atoms with E-state index in [2.05, 4.69) is 25.9 Å². The predicted octanol–water partition coefficient (Wildman–Crippen LogP) is 1.76. The zero-order valence-corrected chi connectivity index (χ0v) is 14.8. The third-order valence-corrected chi connectivity index (χ3v) is 4.07. The molecule has 2 aromatic heterocycles. The number of hydrogen-bond donors (Lipinski definition) is 1. The number of benzene rings is 1. The monoisotopic (exact) mass is 348 g/mol. The average molecular weight is 348 g/mol. The quantitative estimate of drug-likeness (QED) is 0.687. The van der Waals surface area contributed by atoms with Crippen LogP contribution in [0, 0.1) is 19.3 Å². The van der Waals surface area contributed by atoms with Gasteiger partial charge in [-0.3, -0.25) is 4.79 Å². The summed E-state index contributed by atoms with van der Waals surface area (Å²) in [5, 5.41) is 0. The lowest BCUT2D eigenvalue weighted by Gasteiger charge is -2.24. The van der Waals surface area contributed by atoms with Crippen molar-refractivity contribution in [2.24, 2.45) is 0 Å². The van der Waals surface area contributed by atoms with E-state index in [0.717, 1.165) is 5.56 Å². The Labute approximate surface area is 152 Å². The molecule has 0 saturated heterocycles. The van der Waals surface area contributed by atoms with E-state index < -0.39 is 0 Å². The van der Waals surface area contributed by atoms with E-state index in [1.54, 1.807) is 23.2 Å². The Hall–Kier alpha value is -3.40. The first-order valence-corrected chi connectivity index (χ1v) is 8.20. The van der Waals surface area contributed by atoms with Crippen molar-refractivity contribution in [3.8, 4) is 12.3 Å². The Morgan fingerprint density at radius 2 is 2.00 bits per heavy atom. The normalized spacial score (nSPS) is 10.5. The first-order chi connectivity index (χ1) is 12.6. The van der Waals surface area contributed by atoms with Crippen LogP contribution in [0.5, 0.6) is 0 Å². The molecule has 0 atom stereocenters. The molecule has 0 unspecified atom stereocenters. The highest BCUT2D eigenvalue weighted by molar-refractivity contribution is 5.87. The third-order valence-electron chi connectivity index (χ3n) is 4.07. The van der Waals surface area contributed by atoms with Crippen molar-refractivity contribution >= 4 is 22.9 Å². The van der Waals surface area contributed by atoms with Gasteiger partial charge in [-0.2, -0.15) is 0 Å². The number of rotatable bonds is 6. The molecule has 1 N–H and O–H groups in total. The van der Waals surface area contributed by atoms with Crippen LogP contribution in [0.2, 0.25) is 0 Å². The molecule has 0 aliphatic rings. The number of carbonyl (C=O) groups excluding carboxylic acids is 1. The largest absolute Gasteiger partial charge is 0.348 e. The van der Waals surface area contributed by atoms with E-state index in [4.69, 9.17) is 6.42 Å². The highest BCUT2D eigenvalue weighted by Crippen LogP contribution is 2.18. The molecule has 7 nitrogen and oxygen atoms in total. The number of hydrogen-bond acceptors (Lipinski definition) is 5. The SMILES string of the molecule is C#CCN(Cc1ccc(C)cc1)C(=O)CN(C)c1ncnc2nc[nH]c12. The summed E-state index contributed by atoms with van der Waals surface area (Å²) in [6.45, 7) is 2.91. The summed E-state index contributed by atoms with van der Waals surface area (Å²) in [6.07, 6.45) is 8.45. The molecule has 26 heavy (non-hydrogen) atoms. The zero-order valence-electron chi connectivity index (χ0n) is 14.8. The lowest BCUT2D eigenvalue weighted by Crippen LogP contribution is -2.39. The van der Waals surface area contributed by atoms with Gasteiger partial charge >= 0.3 is 0 Å².